The molecule has 6 heteroatoms. The number of carbonyl (C=O) groups excluding carboxylic acids is 1. The molecular weight excluding hydrogens is 372 g/mol. The van der Waals surface area contributed by atoms with Crippen molar-refractivity contribution >= 4 is 27.5 Å². The second kappa shape index (κ2) is 9.17. The van der Waals surface area contributed by atoms with Crippen LogP contribution in [0.15, 0.2) is 48.5 Å². The Morgan fingerprint density at radius 3 is 2.86 bits per heavy atom. The van der Waals surface area contributed by atoms with Gasteiger partial charge in [-0.1, -0.05) is 12.1 Å². The van der Waals surface area contributed by atoms with E-state index in [2.05, 4.69) is 16.4 Å². The molecule has 1 aromatic heterocycles. The molecule has 4 rings (SSSR count). The molecule has 1 saturated heterocycles. The zero-order valence-corrected chi connectivity index (χ0v) is 16.5. The van der Waals surface area contributed by atoms with Gasteiger partial charge in [0.2, 0.25) is 0 Å². The first-order valence-corrected chi connectivity index (χ1v) is 10.6. The van der Waals surface area contributed by atoms with Crippen LogP contribution in [-0.2, 0) is 11.2 Å². The highest BCUT2D eigenvalue weighted by molar-refractivity contribution is 7.18. The SMILES string of the molecule is O=C(NCCCc1nc2ccccc2s1)c1ccc(OCC2CCCO2)cc1. The molecule has 0 aliphatic carbocycles. The monoisotopic (exact) mass is 396 g/mol. The Morgan fingerprint density at radius 2 is 2.07 bits per heavy atom. The van der Waals surface area contributed by atoms with E-state index in [-0.39, 0.29) is 12.0 Å². The highest BCUT2D eigenvalue weighted by Crippen LogP contribution is 2.22. The van der Waals surface area contributed by atoms with E-state index in [0.717, 1.165) is 48.6 Å². The van der Waals surface area contributed by atoms with E-state index in [1.165, 1.54) is 4.70 Å². The Morgan fingerprint density at radius 1 is 1.21 bits per heavy atom. The minimum atomic E-state index is -0.0602. The number of fused-ring (bicyclic) bond motifs is 1. The highest BCUT2D eigenvalue weighted by atomic mass is 32.1. The molecule has 5 nitrogen and oxygen atoms in total. The summed E-state index contributed by atoms with van der Waals surface area (Å²) in [6.07, 6.45) is 4.09. The van der Waals surface area contributed by atoms with Gasteiger partial charge in [0.15, 0.2) is 0 Å². The van der Waals surface area contributed by atoms with Gasteiger partial charge >= 0.3 is 0 Å². The van der Waals surface area contributed by atoms with Crippen LogP contribution in [0.25, 0.3) is 10.2 Å². The molecule has 0 radical (unpaired) electrons. The van der Waals surface area contributed by atoms with Crippen molar-refractivity contribution in [3.63, 3.8) is 0 Å². The molecule has 2 aromatic carbocycles. The third kappa shape index (κ3) is 4.88. The number of aromatic nitrogens is 1. The maximum absolute atomic E-state index is 12.3. The Labute approximate surface area is 168 Å². The Kier molecular flexibility index (Phi) is 6.19. The van der Waals surface area contributed by atoms with Crippen LogP contribution in [0.5, 0.6) is 5.75 Å². The van der Waals surface area contributed by atoms with E-state index in [4.69, 9.17) is 9.47 Å². The first-order valence-electron chi connectivity index (χ1n) is 9.75. The van der Waals surface area contributed by atoms with Gasteiger partial charge in [-0.3, -0.25) is 4.79 Å². The number of amides is 1. The summed E-state index contributed by atoms with van der Waals surface area (Å²) in [4.78, 5) is 16.9. The lowest BCUT2D eigenvalue weighted by molar-refractivity contribution is 0.0679. The van der Waals surface area contributed by atoms with E-state index in [9.17, 15) is 4.79 Å². The van der Waals surface area contributed by atoms with Crippen LogP contribution >= 0.6 is 11.3 Å². The van der Waals surface area contributed by atoms with Crippen molar-refractivity contribution in [1.82, 2.24) is 10.3 Å². The summed E-state index contributed by atoms with van der Waals surface area (Å²) in [5.41, 5.74) is 1.69. The number of carbonyl (C=O) groups is 1. The van der Waals surface area contributed by atoms with Crippen LogP contribution in [0.1, 0.15) is 34.6 Å². The van der Waals surface area contributed by atoms with Gasteiger partial charge in [0.25, 0.3) is 5.91 Å². The average molecular weight is 397 g/mol. The van der Waals surface area contributed by atoms with Crippen molar-refractivity contribution < 1.29 is 14.3 Å². The fourth-order valence-electron chi connectivity index (χ4n) is 3.24. The second-order valence-corrected chi connectivity index (χ2v) is 8.02. The fourth-order valence-corrected chi connectivity index (χ4v) is 4.25. The summed E-state index contributed by atoms with van der Waals surface area (Å²) in [5.74, 6) is 0.706. The van der Waals surface area contributed by atoms with Gasteiger partial charge in [-0.05, 0) is 55.7 Å². The van der Waals surface area contributed by atoms with Gasteiger partial charge in [0.05, 0.1) is 21.3 Å². The van der Waals surface area contributed by atoms with Crippen LogP contribution in [0.3, 0.4) is 0 Å². The molecule has 1 atom stereocenters. The van der Waals surface area contributed by atoms with Crippen LogP contribution < -0.4 is 10.1 Å². The molecule has 3 aromatic rings. The van der Waals surface area contributed by atoms with Gasteiger partial charge in [-0.2, -0.15) is 0 Å². The largest absolute Gasteiger partial charge is 0.491 e. The molecule has 1 aliphatic heterocycles. The van der Waals surface area contributed by atoms with Crippen molar-refractivity contribution in [2.24, 2.45) is 0 Å². The summed E-state index contributed by atoms with van der Waals surface area (Å²) in [5, 5.41) is 4.09. The quantitative estimate of drug-likeness (QED) is 0.579. The lowest BCUT2D eigenvalue weighted by Gasteiger charge is -2.11. The lowest BCUT2D eigenvalue weighted by Crippen LogP contribution is -2.24. The number of nitrogens with one attached hydrogen (secondary N) is 1. The molecule has 1 aliphatic rings. The maximum atomic E-state index is 12.3. The number of hydrogen-bond acceptors (Lipinski definition) is 5. The van der Waals surface area contributed by atoms with Crippen molar-refractivity contribution in [3.8, 4) is 5.75 Å². The zero-order chi connectivity index (χ0) is 19.2. The summed E-state index contributed by atoms with van der Waals surface area (Å²) in [6, 6.07) is 15.4. The standard InChI is InChI=1S/C22H24N2O3S/c25-22(16-9-11-17(12-10-16)27-15-18-5-4-14-26-18)23-13-3-8-21-24-19-6-1-2-7-20(19)28-21/h1-2,6-7,9-12,18H,3-5,8,13-15H2,(H,23,25). The van der Waals surface area contributed by atoms with Crippen molar-refractivity contribution in [2.45, 2.75) is 31.8 Å². The predicted octanol–water partition coefficient (Wildman–Crippen LogP) is 4.22. The number of para-hydroxylation sites is 1. The third-order valence-electron chi connectivity index (χ3n) is 4.77. The molecule has 1 unspecified atom stereocenters. The first kappa shape index (κ1) is 18.9. The Hall–Kier alpha value is -2.44. The summed E-state index contributed by atoms with van der Waals surface area (Å²) in [7, 11) is 0. The molecule has 2 heterocycles. The number of nitrogens with zero attached hydrogens (tertiary/aromatic N) is 1. The van der Waals surface area contributed by atoms with Gasteiger partial charge in [0.1, 0.15) is 12.4 Å². The average Bonchev–Trinajstić information content (AvgIpc) is 3.39. The van der Waals surface area contributed by atoms with E-state index in [1.54, 1.807) is 23.5 Å². The summed E-state index contributed by atoms with van der Waals surface area (Å²) >= 11 is 1.72. The molecule has 1 fully saturated rings. The van der Waals surface area contributed by atoms with Crippen molar-refractivity contribution in [2.75, 3.05) is 19.8 Å². The molecule has 1 N–H and O–H groups in total. The highest BCUT2D eigenvalue weighted by Gasteiger charge is 2.16. The van der Waals surface area contributed by atoms with E-state index >= 15 is 0 Å². The summed E-state index contributed by atoms with van der Waals surface area (Å²) < 4.78 is 12.5. The number of rotatable bonds is 8. The molecule has 146 valence electrons. The van der Waals surface area contributed by atoms with Crippen molar-refractivity contribution in [1.29, 1.82) is 0 Å². The van der Waals surface area contributed by atoms with Crippen LogP contribution in [0.4, 0.5) is 0 Å². The normalized spacial score (nSPS) is 16.4. The molecule has 28 heavy (non-hydrogen) atoms. The smallest absolute Gasteiger partial charge is 0.251 e. The number of hydrogen-bond donors (Lipinski definition) is 1. The molecular formula is C22H24N2O3S. The second-order valence-electron chi connectivity index (χ2n) is 6.91. The third-order valence-corrected chi connectivity index (χ3v) is 5.86. The Bertz CT molecular complexity index is 884. The van der Waals surface area contributed by atoms with Gasteiger partial charge in [-0.15, -0.1) is 11.3 Å². The fraction of sp³-hybridized carbons (Fsp3) is 0.364. The molecule has 0 bridgehead atoms. The van der Waals surface area contributed by atoms with Gasteiger partial charge in [-0.25, -0.2) is 4.98 Å². The topological polar surface area (TPSA) is 60.5 Å². The number of ether oxygens (including phenoxy) is 2. The number of aryl methyl sites for hydroxylation is 1. The number of thiazole rings is 1. The van der Waals surface area contributed by atoms with Gasteiger partial charge in [0, 0.05) is 25.1 Å². The van der Waals surface area contributed by atoms with Crippen LogP contribution in [-0.4, -0.2) is 36.8 Å². The predicted molar refractivity (Wildman–Crippen MR) is 111 cm³/mol. The molecule has 0 spiro atoms. The summed E-state index contributed by atoms with van der Waals surface area (Å²) in [6.45, 7) is 2.02. The zero-order valence-electron chi connectivity index (χ0n) is 15.7. The lowest BCUT2D eigenvalue weighted by atomic mass is 10.2. The maximum Gasteiger partial charge on any atom is 0.251 e. The van der Waals surface area contributed by atoms with Crippen LogP contribution in [0.2, 0.25) is 0 Å². The van der Waals surface area contributed by atoms with E-state index < -0.39 is 0 Å². The van der Waals surface area contributed by atoms with E-state index in [1.807, 2.05) is 30.3 Å². The van der Waals surface area contributed by atoms with Crippen LogP contribution in [0, 0.1) is 0 Å². The number of benzene rings is 2. The van der Waals surface area contributed by atoms with Crippen molar-refractivity contribution in [3.05, 3.63) is 59.1 Å². The minimum absolute atomic E-state index is 0.0602. The first-order chi connectivity index (χ1) is 13.8. The Balaban J connectivity index is 1.20. The molecule has 0 saturated carbocycles. The minimum Gasteiger partial charge on any atom is -0.491 e. The molecule has 1 amide bonds. The van der Waals surface area contributed by atoms with E-state index in [0.29, 0.717) is 18.7 Å². The van der Waals surface area contributed by atoms with Gasteiger partial charge < -0.3 is 14.8 Å².